The molecule has 1 amide bonds. The van der Waals surface area contributed by atoms with Gasteiger partial charge in [0.15, 0.2) is 0 Å². The number of carbonyl (C=O) groups excluding carboxylic acids is 1. The summed E-state index contributed by atoms with van der Waals surface area (Å²) in [5.41, 5.74) is 1.78. The predicted octanol–water partition coefficient (Wildman–Crippen LogP) is 1.50. The summed E-state index contributed by atoms with van der Waals surface area (Å²) in [7, 11) is 0. The minimum atomic E-state index is -0.426. The van der Waals surface area contributed by atoms with Crippen LogP contribution in [0, 0.1) is 10.1 Å². The van der Waals surface area contributed by atoms with Crippen LogP contribution in [0.25, 0.3) is 0 Å². The Hall–Kier alpha value is -2.15. The van der Waals surface area contributed by atoms with Gasteiger partial charge in [0.1, 0.15) is 5.69 Å². The van der Waals surface area contributed by atoms with Crippen LogP contribution < -0.4 is 16.0 Å². The molecule has 108 valence electrons. The number of benzene rings is 1. The molecule has 7 heteroatoms. The number of hydrogen-bond acceptors (Lipinski definition) is 5. The van der Waals surface area contributed by atoms with E-state index in [0.29, 0.717) is 23.5 Å². The van der Waals surface area contributed by atoms with Crippen molar-refractivity contribution in [2.24, 2.45) is 0 Å². The van der Waals surface area contributed by atoms with E-state index in [2.05, 4.69) is 22.9 Å². The van der Waals surface area contributed by atoms with Gasteiger partial charge in [-0.2, -0.15) is 0 Å². The molecule has 0 radical (unpaired) electrons. The van der Waals surface area contributed by atoms with E-state index in [1.54, 1.807) is 6.07 Å². The fourth-order valence-electron chi connectivity index (χ4n) is 2.14. The smallest absolute Gasteiger partial charge is 0.292 e. The number of nitrogens with one attached hydrogen (secondary N) is 3. The third kappa shape index (κ3) is 3.24. The van der Waals surface area contributed by atoms with Crippen LogP contribution in [0.2, 0.25) is 0 Å². The van der Waals surface area contributed by atoms with Crippen LogP contribution in [-0.2, 0) is 11.2 Å². The van der Waals surface area contributed by atoms with Crippen molar-refractivity contribution >= 4 is 23.0 Å². The Bertz CT molecular complexity index is 531. The summed E-state index contributed by atoms with van der Waals surface area (Å²) in [6.07, 6.45) is 1.25. The van der Waals surface area contributed by atoms with Gasteiger partial charge in [-0.1, -0.05) is 6.92 Å². The Kier molecular flexibility index (Phi) is 4.52. The quantitative estimate of drug-likeness (QED) is 0.399. The molecule has 1 aromatic rings. The molecule has 1 aliphatic heterocycles. The van der Waals surface area contributed by atoms with Crippen molar-refractivity contribution in [2.75, 3.05) is 30.3 Å². The fourth-order valence-corrected chi connectivity index (χ4v) is 2.14. The monoisotopic (exact) mass is 278 g/mol. The molecule has 1 heterocycles. The van der Waals surface area contributed by atoms with Gasteiger partial charge in [-0.15, -0.1) is 0 Å². The maximum absolute atomic E-state index is 11.3. The molecule has 0 saturated carbocycles. The largest absolute Gasteiger partial charge is 0.378 e. The van der Waals surface area contributed by atoms with Gasteiger partial charge in [-0.05, 0) is 24.6 Å². The minimum absolute atomic E-state index is 0.00995. The maximum atomic E-state index is 11.3. The Labute approximate surface area is 116 Å². The highest BCUT2D eigenvalue weighted by Gasteiger charge is 2.24. The SMILES string of the molecule is CCCNCCNc1cc2c(cc1[N+](=O)[O-])CC(=O)N2. The third-order valence-electron chi connectivity index (χ3n) is 3.09. The first-order valence-corrected chi connectivity index (χ1v) is 6.67. The highest BCUT2D eigenvalue weighted by molar-refractivity contribution is 6.00. The van der Waals surface area contributed by atoms with E-state index < -0.39 is 4.92 Å². The molecule has 3 N–H and O–H groups in total. The molecule has 1 aliphatic rings. The molecule has 0 saturated heterocycles. The van der Waals surface area contributed by atoms with Crippen molar-refractivity contribution in [1.29, 1.82) is 0 Å². The zero-order chi connectivity index (χ0) is 14.5. The van der Waals surface area contributed by atoms with Crippen molar-refractivity contribution < 1.29 is 9.72 Å². The van der Waals surface area contributed by atoms with E-state index >= 15 is 0 Å². The summed E-state index contributed by atoms with van der Waals surface area (Å²) in [4.78, 5) is 22.0. The molecule has 0 unspecified atom stereocenters. The first-order chi connectivity index (χ1) is 9.61. The number of nitro groups is 1. The topological polar surface area (TPSA) is 96.3 Å². The van der Waals surface area contributed by atoms with Crippen molar-refractivity contribution in [3.63, 3.8) is 0 Å². The van der Waals surface area contributed by atoms with Crippen molar-refractivity contribution in [3.05, 3.63) is 27.8 Å². The highest BCUT2D eigenvalue weighted by Crippen LogP contribution is 2.34. The summed E-state index contributed by atoms with van der Waals surface area (Å²) >= 11 is 0. The van der Waals surface area contributed by atoms with Gasteiger partial charge >= 0.3 is 0 Å². The summed E-state index contributed by atoms with van der Waals surface area (Å²) in [6, 6.07) is 3.10. The number of nitro benzene ring substituents is 1. The molecular weight excluding hydrogens is 260 g/mol. The summed E-state index contributed by atoms with van der Waals surface area (Å²) in [5.74, 6) is -0.129. The van der Waals surface area contributed by atoms with Crippen LogP contribution in [0.4, 0.5) is 17.1 Å². The number of nitrogens with zero attached hydrogens (tertiary/aromatic N) is 1. The van der Waals surface area contributed by atoms with E-state index in [9.17, 15) is 14.9 Å². The molecule has 1 aromatic carbocycles. The minimum Gasteiger partial charge on any atom is -0.378 e. The van der Waals surface area contributed by atoms with Crippen molar-refractivity contribution in [1.82, 2.24) is 5.32 Å². The second kappa shape index (κ2) is 6.33. The fraction of sp³-hybridized carbons (Fsp3) is 0.462. The zero-order valence-electron chi connectivity index (χ0n) is 11.4. The third-order valence-corrected chi connectivity index (χ3v) is 3.09. The zero-order valence-corrected chi connectivity index (χ0v) is 11.4. The average Bonchev–Trinajstić information content (AvgIpc) is 2.76. The van der Waals surface area contributed by atoms with E-state index in [1.807, 2.05) is 0 Å². The van der Waals surface area contributed by atoms with E-state index in [4.69, 9.17) is 0 Å². The van der Waals surface area contributed by atoms with Crippen LogP contribution >= 0.6 is 0 Å². The second-order valence-corrected chi connectivity index (χ2v) is 4.69. The number of fused-ring (bicyclic) bond motifs is 1. The lowest BCUT2D eigenvalue weighted by Crippen LogP contribution is -2.23. The van der Waals surface area contributed by atoms with Crippen LogP contribution in [0.1, 0.15) is 18.9 Å². The number of rotatable bonds is 7. The second-order valence-electron chi connectivity index (χ2n) is 4.69. The van der Waals surface area contributed by atoms with Gasteiger partial charge in [0.2, 0.25) is 5.91 Å². The Morgan fingerprint density at radius 2 is 2.15 bits per heavy atom. The summed E-state index contributed by atoms with van der Waals surface area (Å²) < 4.78 is 0. The number of amides is 1. The van der Waals surface area contributed by atoms with Gasteiger partial charge in [0.25, 0.3) is 5.69 Å². The first kappa shape index (κ1) is 14.3. The first-order valence-electron chi connectivity index (χ1n) is 6.67. The molecule has 0 aromatic heterocycles. The molecule has 0 fully saturated rings. The van der Waals surface area contributed by atoms with Crippen LogP contribution in [-0.4, -0.2) is 30.5 Å². The van der Waals surface area contributed by atoms with Gasteiger partial charge in [0, 0.05) is 24.8 Å². The van der Waals surface area contributed by atoms with Gasteiger partial charge < -0.3 is 16.0 Å². The lowest BCUT2D eigenvalue weighted by Gasteiger charge is -2.09. The molecule has 0 atom stereocenters. The maximum Gasteiger partial charge on any atom is 0.292 e. The predicted molar refractivity (Wildman–Crippen MR) is 77.1 cm³/mol. The summed E-state index contributed by atoms with van der Waals surface area (Å²) in [6.45, 7) is 4.32. The highest BCUT2D eigenvalue weighted by atomic mass is 16.6. The Morgan fingerprint density at radius 1 is 1.35 bits per heavy atom. The number of anilines is 2. The molecule has 7 nitrogen and oxygen atoms in total. The number of hydrogen-bond donors (Lipinski definition) is 3. The van der Waals surface area contributed by atoms with Gasteiger partial charge in [-0.3, -0.25) is 14.9 Å². The molecule has 0 bridgehead atoms. The normalized spacial score (nSPS) is 12.9. The molecule has 0 aliphatic carbocycles. The lowest BCUT2D eigenvalue weighted by molar-refractivity contribution is -0.384. The van der Waals surface area contributed by atoms with Gasteiger partial charge in [-0.25, -0.2) is 0 Å². The van der Waals surface area contributed by atoms with Crippen LogP contribution in [0.15, 0.2) is 12.1 Å². The van der Waals surface area contributed by atoms with Gasteiger partial charge in [0.05, 0.1) is 11.3 Å². The average molecular weight is 278 g/mol. The Balaban J connectivity index is 2.09. The van der Waals surface area contributed by atoms with E-state index in [-0.39, 0.29) is 18.0 Å². The lowest BCUT2D eigenvalue weighted by atomic mass is 10.1. The molecule has 20 heavy (non-hydrogen) atoms. The van der Waals surface area contributed by atoms with Crippen LogP contribution in [0.3, 0.4) is 0 Å². The molecular formula is C13H18N4O3. The van der Waals surface area contributed by atoms with E-state index in [0.717, 1.165) is 19.5 Å². The molecule has 2 rings (SSSR count). The van der Waals surface area contributed by atoms with Crippen molar-refractivity contribution in [2.45, 2.75) is 19.8 Å². The molecule has 0 spiro atoms. The Morgan fingerprint density at radius 3 is 2.85 bits per heavy atom. The van der Waals surface area contributed by atoms with E-state index in [1.165, 1.54) is 6.07 Å². The summed E-state index contributed by atoms with van der Waals surface area (Å²) in [5, 5.41) is 20.0. The number of carbonyl (C=O) groups is 1. The standard InChI is InChI=1S/C13H18N4O3/c1-2-3-14-4-5-15-11-8-10-9(7-13(18)16-10)6-12(11)17(19)20/h6,8,14-15H,2-5,7H2,1H3,(H,16,18). The van der Waals surface area contributed by atoms with Crippen molar-refractivity contribution in [3.8, 4) is 0 Å². The van der Waals surface area contributed by atoms with Crippen LogP contribution in [0.5, 0.6) is 0 Å².